The van der Waals surface area contributed by atoms with Crippen LogP contribution in [0.15, 0.2) is 24.3 Å². The third-order valence-electron chi connectivity index (χ3n) is 3.18. The second kappa shape index (κ2) is 6.36. The number of benzene rings is 1. The highest BCUT2D eigenvalue weighted by atomic mass is 15.3. The van der Waals surface area contributed by atoms with Gasteiger partial charge < -0.3 is 10.2 Å². The first-order valence-electron chi connectivity index (χ1n) is 7.05. The van der Waals surface area contributed by atoms with Crippen molar-refractivity contribution in [2.45, 2.75) is 27.2 Å². The third kappa shape index (κ3) is 2.95. The van der Waals surface area contributed by atoms with Crippen molar-refractivity contribution in [3.8, 4) is 0 Å². The summed E-state index contributed by atoms with van der Waals surface area (Å²) in [6.07, 6.45) is 1.08. The molecule has 19 heavy (non-hydrogen) atoms. The first-order chi connectivity index (χ1) is 9.30. The fourth-order valence-electron chi connectivity index (χ4n) is 2.09. The molecule has 0 atom stereocenters. The van der Waals surface area contributed by atoms with E-state index >= 15 is 0 Å². The van der Waals surface area contributed by atoms with Crippen LogP contribution in [0, 0.1) is 0 Å². The largest absolute Gasteiger partial charge is 0.369 e. The summed E-state index contributed by atoms with van der Waals surface area (Å²) in [6, 6.07) is 8.16. The van der Waals surface area contributed by atoms with Crippen LogP contribution in [0.1, 0.15) is 27.2 Å². The smallest absolute Gasteiger partial charge is 0.227 e. The van der Waals surface area contributed by atoms with Crippen LogP contribution in [0.5, 0.6) is 0 Å². The standard InChI is InChI=1S/C15H22N4/c1-4-11-16-14-12-9-7-8-10-13(12)17-15(18-14)19(5-2)6-3/h7-10H,4-6,11H2,1-3H3,(H,16,17,18). The minimum atomic E-state index is 0.808. The Hall–Kier alpha value is -1.84. The average molecular weight is 258 g/mol. The van der Waals surface area contributed by atoms with E-state index in [-0.39, 0.29) is 0 Å². The van der Waals surface area contributed by atoms with Crippen molar-refractivity contribution in [1.82, 2.24) is 9.97 Å². The Morgan fingerprint density at radius 3 is 2.47 bits per heavy atom. The highest BCUT2D eigenvalue weighted by Gasteiger charge is 2.10. The first-order valence-corrected chi connectivity index (χ1v) is 7.05. The number of aromatic nitrogens is 2. The maximum atomic E-state index is 4.68. The van der Waals surface area contributed by atoms with Crippen LogP contribution in [-0.4, -0.2) is 29.6 Å². The number of anilines is 2. The van der Waals surface area contributed by atoms with Gasteiger partial charge in [0.05, 0.1) is 5.52 Å². The molecule has 0 aliphatic heterocycles. The highest BCUT2D eigenvalue weighted by molar-refractivity contribution is 5.90. The summed E-state index contributed by atoms with van der Waals surface area (Å²) in [7, 11) is 0. The maximum absolute atomic E-state index is 4.68. The van der Waals surface area contributed by atoms with Crippen molar-refractivity contribution in [3.63, 3.8) is 0 Å². The lowest BCUT2D eigenvalue weighted by Gasteiger charge is -2.20. The molecule has 2 rings (SSSR count). The highest BCUT2D eigenvalue weighted by Crippen LogP contribution is 2.23. The SMILES string of the molecule is CCCNc1nc(N(CC)CC)nc2ccccc12. The van der Waals surface area contributed by atoms with Crippen LogP contribution >= 0.6 is 0 Å². The Labute approximate surface area is 114 Å². The van der Waals surface area contributed by atoms with Gasteiger partial charge in [-0.25, -0.2) is 4.98 Å². The molecular formula is C15H22N4. The zero-order valence-electron chi connectivity index (χ0n) is 12.0. The molecule has 0 saturated heterocycles. The van der Waals surface area contributed by atoms with Crippen LogP contribution in [0.4, 0.5) is 11.8 Å². The second-order valence-corrected chi connectivity index (χ2v) is 4.49. The topological polar surface area (TPSA) is 41.1 Å². The summed E-state index contributed by atoms with van der Waals surface area (Å²) in [5.41, 5.74) is 0.998. The number of para-hydroxylation sites is 1. The number of nitrogens with one attached hydrogen (secondary N) is 1. The van der Waals surface area contributed by atoms with Crippen molar-refractivity contribution < 1.29 is 0 Å². The van der Waals surface area contributed by atoms with Gasteiger partial charge in [-0.1, -0.05) is 19.1 Å². The summed E-state index contributed by atoms with van der Waals surface area (Å²) in [4.78, 5) is 11.5. The summed E-state index contributed by atoms with van der Waals surface area (Å²) in [6.45, 7) is 9.17. The van der Waals surface area contributed by atoms with E-state index in [1.165, 1.54) is 0 Å². The lowest BCUT2D eigenvalue weighted by atomic mass is 10.2. The monoisotopic (exact) mass is 258 g/mol. The Kier molecular flexibility index (Phi) is 4.55. The zero-order valence-corrected chi connectivity index (χ0v) is 12.0. The summed E-state index contributed by atoms with van der Waals surface area (Å²) < 4.78 is 0. The lowest BCUT2D eigenvalue weighted by Crippen LogP contribution is -2.24. The molecule has 1 aromatic heterocycles. The number of nitrogens with zero attached hydrogens (tertiary/aromatic N) is 3. The van der Waals surface area contributed by atoms with Crippen molar-refractivity contribution in [2.24, 2.45) is 0 Å². The van der Waals surface area contributed by atoms with Crippen LogP contribution in [0.25, 0.3) is 10.9 Å². The Morgan fingerprint density at radius 1 is 1.05 bits per heavy atom. The van der Waals surface area contributed by atoms with Gasteiger partial charge in [0.15, 0.2) is 0 Å². The van der Waals surface area contributed by atoms with Crippen LogP contribution < -0.4 is 10.2 Å². The molecule has 0 bridgehead atoms. The van der Waals surface area contributed by atoms with Gasteiger partial charge in [0.2, 0.25) is 5.95 Å². The molecule has 0 saturated carbocycles. The van der Waals surface area contributed by atoms with Gasteiger partial charge >= 0.3 is 0 Å². The van der Waals surface area contributed by atoms with Gasteiger partial charge in [-0.3, -0.25) is 0 Å². The second-order valence-electron chi connectivity index (χ2n) is 4.49. The molecule has 4 nitrogen and oxygen atoms in total. The fraction of sp³-hybridized carbons (Fsp3) is 0.467. The molecular weight excluding hydrogens is 236 g/mol. The minimum Gasteiger partial charge on any atom is -0.369 e. The van der Waals surface area contributed by atoms with Gasteiger partial charge in [-0.05, 0) is 32.4 Å². The molecule has 2 aromatic rings. The van der Waals surface area contributed by atoms with Gasteiger partial charge in [0, 0.05) is 25.0 Å². The molecule has 0 fully saturated rings. The molecule has 4 heteroatoms. The quantitative estimate of drug-likeness (QED) is 0.863. The van der Waals surface area contributed by atoms with Crippen molar-refractivity contribution in [2.75, 3.05) is 29.9 Å². The van der Waals surface area contributed by atoms with Crippen molar-refractivity contribution in [1.29, 1.82) is 0 Å². The minimum absolute atomic E-state index is 0.808. The van der Waals surface area contributed by atoms with Crippen LogP contribution in [0.3, 0.4) is 0 Å². The van der Waals surface area contributed by atoms with E-state index in [0.29, 0.717) is 0 Å². The van der Waals surface area contributed by atoms with Crippen molar-refractivity contribution in [3.05, 3.63) is 24.3 Å². The number of rotatable bonds is 6. The van der Waals surface area contributed by atoms with Gasteiger partial charge in [0.1, 0.15) is 5.82 Å². The predicted octanol–water partition coefficient (Wildman–Crippen LogP) is 3.30. The van der Waals surface area contributed by atoms with Gasteiger partial charge in [-0.15, -0.1) is 0 Å². The summed E-state index contributed by atoms with van der Waals surface area (Å²) in [5, 5.41) is 4.49. The Morgan fingerprint density at radius 2 is 1.79 bits per heavy atom. The number of fused-ring (bicyclic) bond motifs is 1. The zero-order chi connectivity index (χ0) is 13.7. The van der Waals surface area contributed by atoms with E-state index in [1.54, 1.807) is 0 Å². The summed E-state index contributed by atoms with van der Waals surface area (Å²) >= 11 is 0. The van der Waals surface area contributed by atoms with E-state index in [0.717, 1.165) is 48.7 Å². The molecule has 102 valence electrons. The molecule has 0 amide bonds. The Balaban J connectivity index is 2.49. The third-order valence-corrected chi connectivity index (χ3v) is 3.18. The molecule has 0 aliphatic rings. The van der Waals surface area contributed by atoms with E-state index in [1.807, 2.05) is 18.2 Å². The predicted molar refractivity (Wildman–Crippen MR) is 81.9 cm³/mol. The molecule has 1 N–H and O–H groups in total. The molecule has 1 aromatic carbocycles. The van der Waals surface area contributed by atoms with Crippen LogP contribution in [0.2, 0.25) is 0 Å². The number of hydrogen-bond acceptors (Lipinski definition) is 4. The summed E-state index contributed by atoms with van der Waals surface area (Å²) in [5.74, 6) is 1.75. The van der Waals surface area contributed by atoms with Gasteiger partial charge in [0.25, 0.3) is 0 Å². The molecule has 0 radical (unpaired) electrons. The van der Waals surface area contributed by atoms with Crippen LogP contribution in [-0.2, 0) is 0 Å². The van der Waals surface area contributed by atoms with E-state index < -0.39 is 0 Å². The van der Waals surface area contributed by atoms with E-state index in [2.05, 4.69) is 47.0 Å². The normalized spacial score (nSPS) is 10.7. The van der Waals surface area contributed by atoms with Gasteiger partial charge in [-0.2, -0.15) is 4.98 Å². The molecule has 0 spiro atoms. The average Bonchev–Trinajstić information content (AvgIpc) is 2.46. The molecule has 0 aliphatic carbocycles. The lowest BCUT2D eigenvalue weighted by molar-refractivity contribution is 0.825. The Bertz CT molecular complexity index is 535. The molecule has 1 heterocycles. The fourth-order valence-corrected chi connectivity index (χ4v) is 2.09. The molecule has 0 unspecified atom stereocenters. The maximum Gasteiger partial charge on any atom is 0.227 e. The number of hydrogen-bond donors (Lipinski definition) is 1. The van der Waals surface area contributed by atoms with E-state index in [9.17, 15) is 0 Å². The first kappa shape index (κ1) is 13.6. The van der Waals surface area contributed by atoms with E-state index in [4.69, 9.17) is 0 Å². The van der Waals surface area contributed by atoms with Crippen molar-refractivity contribution >= 4 is 22.7 Å².